The molecule has 0 atom stereocenters. The van der Waals surface area contributed by atoms with Crippen LogP contribution in [0.3, 0.4) is 0 Å². The molecule has 0 aliphatic carbocycles. The fraction of sp³-hybridized carbons (Fsp3) is 0.238. The van der Waals surface area contributed by atoms with Crippen LogP contribution in [0.4, 0.5) is 0 Å². The maximum absolute atomic E-state index is 11.3. The monoisotopic (exact) mass is 446 g/mol. The summed E-state index contributed by atoms with van der Waals surface area (Å²) in [6.45, 7) is 1.78. The summed E-state index contributed by atoms with van der Waals surface area (Å²) in [4.78, 5) is 36.0. The average molecular weight is 447 g/mol. The topological polar surface area (TPSA) is 91.5 Å². The van der Waals surface area contributed by atoms with E-state index >= 15 is 0 Å². The molecule has 0 amide bonds. The molecule has 7 heteroatoms. The zero-order valence-corrected chi connectivity index (χ0v) is 15.0. The quantitative estimate of drug-likeness (QED) is 0.404. The molecule has 4 aromatic rings. The Bertz CT molecular complexity index is 1150. The number of aryl methyl sites for hydroxylation is 1. The van der Waals surface area contributed by atoms with E-state index in [1.807, 2.05) is 36.4 Å². The molecule has 28 heavy (non-hydrogen) atoms. The van der Waals surface area contributed by atoms with Gasteiger partial charge in [0.25, 0.3) is 11.1 Å². The van der Waals surface area contributed by atoms with Crippen LogP contribution >= 0.6 is 15.9 Å². The predicted molar refractivity (Wildman–Crippen MR) is 122 cm³/mol. The Kier molecular flexibility index (Phi) is 10.0. The van der Waals surface area contributed by atoms with Gasteiger partial charge < -0.3 is 9.97 Å². The van der Waals surface area contributed by atoms with E-state index in [4.69, 9.17) is 0 Å². The summed E-state index contributed by atoms with van der Waals surface area (Å²) >= 11 is 3.25. The lowest BCUT2D eigenvalue weighted by atomic mass is 10.2. The highest BCUT2D eigenvalue weighted by Gasteiger charge is 2.00. The van der Waals surface area contributed by atoms with Crippen LogP contribution in [0.5, 0.6) is 0 Å². The minimum atomic E-state index is -0.0805. The molecule has 0 fully saturated rings. The summed E-state index contributed by atoms with van der Waals surface area (Å²) in [5.74, 6) is 0. The van der Waals surface area contributed by atoms with Crippen molar-refractivity contribution in [2.45, 2.75) is 34.5 Å². The van der Waals surface area contributed by atoms with E-state index < -0.39 is 0 Å². The molecule has 150 valence electrons. The third kappa shape index (κ3) is 5.60. The second-order valence-corrected chi connectivity index (χ2v) is 5.98. The van der Waals surface area contributed by atoms with E-state index in [2.05, 4.69) is 35.9 Å². The lowest BCUT2D eigenvalue weighted by Gasteiger charge is -1.97. The zero-order valence-electron chi connectivity index (χ0n) is 13.4. The van der Waals surface area contributed by atoms with Crippen molar-refractivity contribution in [2.24, 2.45) is 0 Å². The maximum atomic E-state index is 11.3. The van der Waals surface area contributed by atoms with Gasteiger partial charge in [-0.1, -0.05) is 38.2 Å². The van der Waals surface area contributed by atoms with Gasteiger partial charge in [0, 0.05) is 39.6 Å². The van der Waals surface area contributed by atoms with Crippen molar-refractivity contribution in [2.75, 3.05) is 0 Å². The van der Waals surface area contributed by atoms with E-state index in [-0.39, 0.29) is 33.4 Å². The Morgan fingerprint density at radius 1 is 0.857 bits per heavy atom. The number of alkyl halides is 1. The van der Waals surface area contributed by atoms with Gasteiger partial charge in [0.15, 0.2) is 0 Å². The van der Waals surface area contributed by atoms with E-state index in [0.29, 0.717) is 16.6 Å². The van der Waals surface area contributed by atoms with Crippen molar-refractivity contribution >= 4 is 38.0 Å². The molecule has 0 spiro atoms. The number of nitrogens with one attached hydrogen (secondary N) is 2. The van der Waals surface area contributed by atoms with Gasteiger partial charge in [-0.25, -0.2) is 9.97 Å². The third-order valence-electron chi connectivity index (χ3n) is 3.64. The Balaban J connectivity index is 0.000000471. The average Bonchev–Trinajstić information content (AvgIpc) is 2.62. The van der Waals surface area contributed by atoms with Crippen molar-refractivity contribution in [1.29, 1.82) is 0 Å². The van der Waals surface area contributed by atoms with Crippen LogP contribution in [0, 0.1) is 6.92 Å². The van der Waals surface area contributed by atoms with E-state index in [9.17, 15) is 9.59 Å². The summed E-state index contributed by atoms with van der Waals surface area (Å²) in [7, 11) is 0. The molecule has 0 aliphatic rings. The first-order valence-corrected chi connectivity index (χ1v) is 8.68. The van der Waals surface area contributed by atoms with E-state index in [1.54, 1.807) is 19.3 Å². The summed E-state index contributed by atoms with van der Waals surface area (Å²) in [5.41, 5.74) is 2.57. The van der Waals surface area contributed by atoms with E-state index in [1.165, 1.54) is 0 Å². The Labute approximate surface area is 173 Å². The van der Waals surface area contributed by atoms with Gasteiger partial charge in [0.05, 0.1) is 0 Å². The Morgan fingerprint density at radius 3 is 1.89 bits per heavy atom. The van der Waals surface area contributed by atoms with Crippen LogP contribution in [0.2, 0.25) is 0 Å². The van der Waals surface area contributed by atoms with Crippen molar-refractivity contribution in [3.63, 3.8) is 0 Å². The normalized spacial score (nSPS) is 9.36. The number of halogens is 1. The zero-order chi connectivity index (χ0) is 17.8. The Hall–Kier alpha value is -2.80. The second-order valence-electron chi connectivity index (χ2n) is 5.42. The third-order valence-corrected chi connectivity index (χ3v) is 4.24. The van der Waals surface area contributed by atoms with Crippen LogP contribution < -0.4 is 11.1 Å². The first-order chi connectivity index (χ1) is 12.1. The summed E-state index contributed by atoms with van der Waals surface area (Å²) < 4.78 is 0. The second kappa shape index (κ2) is 11.1. The number of nitrogens with zero attached hydrogens (tertiary/aromatic N) is 2. The standard InChI is InChI=1S/C9H7BrN2O.C9H8N2O.3CH4/c10-5-7-4-6-2-1-3-11-8(6)12-9(7)13;1-6-5-7-3-2-4-10-8(7)11-9(6)12;;;/h1-4H,5H2,(H,11,12,13);2-5H,1H3,(H,10,11,12);3*1H4. The van der Waals surface area contributed by atoms with Gasteiger partial charge >= 0.3 is 0 Å². The summed E-state index contributed by atoms with van der Waals surface area (Å²) in [6, 6.07) is 11.2. The van der Waals surface area contributed by atoms with Crippen LogP contribution in [0.15, 0.2) is 58.4 Å². The Morgan fingerprint density at radius 2 is 1.36 bits per heavy atom. The van der Waals surface area contributed by atoms with Gasteiger partial charge in [0.2, 0.25) is 0 Å². The largest absolute Gasteiger partial charge is 0.306 e. The minimum Gasteiger partial charge on any atom is -0.306 e. The van der Waals surface area contributed by atoms with Gasteiger partial charge in [-0.3, -0.25) is 9.59 Å². The molecule has 4 aromatic heterocycles. The van der Waals surface area contributed by atoms with Crippen molar-refractivity contribution in [1.82, 2.24) is 19.9 Å². The molecule has 0 aromatic carbocycles. The maximum Gasteiger partial charge on any atom is 0.253 e. The lowest BCUT2D eigenvalue weighted by Crippen LogP contribution is -2.10. The summed E-state index contributed by atoms with van der Waals surface area (Å²) in [5, 5.41) is 2.49. The van der Waals surface area contributed by atoms with Crippen molar-refractivity contribution < 1.29 is 0 Å². The van der Waals surface area contributed by atoms with Gasteiger partial charge in [-0.2, -0.15) is 0 Å². The highest BCUT2D eigenvalue weighted by atomic mass is 79.9. The number of rotatable bonds is 1. The summed E-state index contributed by atoms with van der Waals surface area (Å²) in [6.07, 6.45) is 3.32. The van der Waals surface area contributed by atoms with Gasteiger partial charge in [-0.05, 0) is 43.3 Å². The smallest absolute Gasteiger partial charge is 0.253 e. The SMILES string of the molecule is C.C.C.Cc1cc2cccnc2[nH]c1=O.O=c1[nH]c2ncccc2cc1CBr. The molecule has 4 heterocycles. The van der Waals surface area contributed by atoms with Crippen LogP contribution in [-0.4, -0.2) is 19.9 Å². The van der Waals surface area contributed by atoms with Crippen LogP contribution in [0.1, 0.15) is 33.4 Å². The number of hydrogen-bond donors (Lipinski definition) is 2. The minimum absolute atomic E-state index is 0. The number of fused-ring (bicyclic) bond motifs is 2. The number of H-pyrrole nitrogens is 2. The van der Waals surface area contributed by atoms with Crippen LogP contribution in [-0.2, 0) is 5.33 Å². The predicted octanol–water partition coefficient (Wildman–Crippen LogP) is 4.96. The molecule has 0 bridgehead atoms. The molecule has 2 N–H and O–H groups in total. The molecule has 0 radical (unpaired) electrons. The number of aromatic amines is 2. The first kappa shape index (κ1) is 25.2. The van der Waals surface area contributed by atoms with Gasteiger partial charge in [0.1, 0.15) is 11.3 Å². The molecule has 0 saturated carbocycles. The first-order valence-electron chi connectivity index (χ1n) is 7.56. The number of pyridine rings is 4. The molecule has 4 rings (SSSR count). The molecule has 6 nitrogen and oxygen atoms in total. The van der Waals surface area contributed by atoms with Crippen molar-refractivity contribution in [3.05, 3.63) is 80.6 Å². The molecular formula is C21H27BrN4O2. The highest BCUT2D eigenvalue weighted by molar-refractivity contribution is 9.08. The number of hydrogen-bond acceptors (Lipinski definition) is 4. The molecule has 0 unspecified atom stereocenters. The molecule has 0 saturated heterocycles. The van der Waals surface area contributed by atoms with Crippen LogP contribution in [0.25, 0.3) is 22.1 Å². The fourth-order valence-electron chi connectivity index (χ4n) is 2.32. The number of aromatic nitrogens is 4. The van der Waals surface area contributed by atoms with E-state index in [0.717, 1.165) is 21.9 Å². The van der Waals surface area contributed by atoms with Crippen molar-refractivity contribution in [3.8, 4) is 0 Å². The highest BCUT2D eigenvalue weighted by Crippen LogP contribution is 2.09. The molecule has 0 aliphatic heterocycles. The fourth-order valence-corrected chi connectivity index (χ4v) is 2.74. The molecular weight excluding hydrogens is 420 g/mol. The lowest BCUT2D eigenvalue weighted by molar-refractivity contribution is 1.18. The van der Waals surface area contributed by atoms with Gasteiger partial charge in [-0.15, -0.1) is 0 Å².